The molecule has 1 atom stereocenters. The van der Waals surface area contributed by atoms with E-state index < -0.39 is 6.10 Å². The Bertz CT molecular complexity index is 584. The predicted molar refractivity (Wildman–Crippen MR) is 77.5 cm³/mol. The van der Waals surface area contributed by atoms with Crippen LogP contribution in [0.4, 0.5) is 0 Å². The Morgan fingerprint density at radius 1 is 1.26 bits per heavy atom. The molecular weight excluding hydrogens is 260 g/mol. The van der Waals surface area contributed by atoms with Crippen molar-refractivity contribution in [3.8, 4) is 0 Å². The molecule has 0 spiro atoms. The molecule has 0 aliphatic rings. The molecule has 0 aliphatic carbocycles. The zero-order chi connectivity index (χ0) is 14.2. The maximum absolute atomic E-state index is 10.5. The van der Waals surface area contributed by atoms with E-state index in [2.05, 4.69) is 5.10 Å². The first-order valence-corrected chi connectivity index (χ1v) is 6.71. The lowest BCUT2D eigenvalue weighted by atomic mass is 9.94. The predicted octanol–water partition coefficient (Wildman–Crippen LogP) is 3.27. The van der Waals surface area contributed by atoms with Crippen molar-refractivity contribution < 1.29 is 5.11 Å². The smallest absolute Gasteiger partial charge is 0.130 e. The highest BCUT2D eigenvalue weighted by Crippen LogP contribution is 2.28. The molecule has 1 aromatic heterocycles. The van der Waals surface area contributed by atoms with E-state index in [1.807, 2.05) is 46.0 Å². The SMILES string of the molecule is Cc1cccc(C)c1C(O)Cc1c(C)nn(C)c1Cl. The zero-order valence-corrected chi connectivity index (χ0v) is 12.5. The van der Waals surface area contributed by atoms with Crippen LogP contribution in [0.1, 0.15) is 34.1 Å². The number of benzene rings is 1. The molecule has 2 aromatic rings. The minimum atomic E-state index is -0.554. The Labute approximate surface area is 118 Å². The van der Waals surface area contributed by atoms with Gasteiger partial charge in [-0.15, -0.1) is 0 Å². The molecule has 1 aromatic carbocycles. The van der Waals surface area contributed by atoms with Crippen molar-refractivity contribution in [1.82, 2.24) is 9.78 Å². The number of nitrogens with zero attached hydrogens (tertiary/aromatic N) is 2. The van der Waals surface area contributed by atoms with Crippen LogP contribution in [-0.4, -0.2) is 14.9 Å². The molecule has 4 heteroatoms. The fraction of sp³-hybridized carbons (Fsp3) is 0.400. The van der Waals surface area contributed by atoms with Gasteiger partial charge in [-0.05, 0) is 37.5 Å². The third kappa shape index (κ3) is 2.67. The molecule has 19 heavy (non-hydrogen) atoms. The van der Waals surface area contributed by atoms with Crippen LogP contribution in [-0.2, 0) is 13.5 Å². The topological polar surface area (TPSA) is 38.1 Å². The molecule has 102 valence electrons. The van der Waals surface area contributed by atoms with Gasteiger partial charge < -0.3 is 5.11 Å². The van der Waals surface area contributed by atoms with Crippen LogP contribution in [0.5, 0.6) is 0 Å². The van der Waals surface area contributed by atoms with E-state index in [9.17, 15) is 5.11 Å². The summed E-state index contributed by atoms with van der Waals surface area (Å²) in [5, 5.41) is 15.4. The maximum Gasteiger partial charge on any atom is 0.130 e. The van der Waals surface area contributed by atoms with Gasteiger partial charge in [-0.1, -0.05) is 29.8 Å². The van der Waals surface area contributed by atoms with Crippen LogP contribution in [0.2, 0.25) is 5.15 Å². The first-order chi connectivity index (χ1) is 8.91. The van der Waals surface area contributed by atoms with Crippen molar-refractivity contribution in [2.75, 3.05) is 0 Å². The second-order valence-electron chi connectivity index (χ2n) is 5.00. The second kappa shape index (κ2) is 5.35. The van der Waals surface area contributed by atoms with Gasteiger partial charge in [0.25, 0.3) is 0 Å². The lowest BCUT2D eigenvalue weighted by molar-refractivity contribution is 0.177. The molecule has 0 fully saturated rings. The first kappa shape index (κ1) is 14.1. The largest absolute Gasteiger partial charge is 0.388 e. The normalized spacial score (nSPS) is 12.7. The van der Waals surface area contributed by atoms with Crippen molar-refractivity contribution in [2.24, 2.45) is 7.05 Å². The number of aryl methyl sites for hydroxylation is 4. The Balaban J connectivity index is 2.33. The minimum Gasteiger partial charge on any atom is -0.388 e. The summed E-state index contributed by atoms with van der Waals surface area (Å²) >= 11 is 6.21. The Morgan fingerprint density at radius 3 is 2.32 bits per heavy atom. The van der Waals surface area contributed by atoms with E-state index in [1.165, 1.54) is 0 Å². The molecule has 0 aliphatic heterocycles. The van der Waals surface area contributed by atoms with Gasteiger partial charge in [0.1, 0.15) is 5.15 Å². The lowest BCUT2D eigenvalue weighted by Gasteiger charge is -2.16. The number of aromatic nitrogens is 2. The summed E-state index contributed by atoms with van der Waals surface area (Å²) in [6.45, 7) is 5.95. The van der Waals surface area contributed by atoms with Gasteiger partial charge in [-0.2, -0.15) is 5.10 Å². The van der Waals surface area contributed by atoms with Crippen LogP contribution < -0.4 is 0 Å². The van der Waals surface area contributed by atoms with Crippen LogP contribution in [0.3, 0.4) is 0 Å². The van der Waals surface area contributed by atoms with Crippen LogP contribution >= 0.6 is 11.6 Å². The molecule has 0 bridgehead atoms. The molecule has 1 unspecified atom stereocenters. The van der Waals surface area contributed by atoms with Gasteiger partial charge >= 0.3 is 0 Å². The number of aliphatic hydroxyl groups excluding tert-OH is 1. The summed E-state index contributed by atoms with van der Waals surface area (Å²) in [5.74, 6) is 0. The van der Waals surface area contributed by atoms with Crippen LogP contribution in [0.25, 0.3) is 0 Å². The van der Waals surface area contributed by atoms with E-state index in [0.29, 0.717) is 11.6 Å². The summed E-state index contributed by atoms with van der Waals surface area (Å²) in [6, 6.07) is 6.04. The number of halogens is 1. The molecule has 2 rings (SSSR count). The van der Waals surface area contributed by atoms with Crippen molar-refractivity contribution in [1.29, 1.82) is 0 Å². The molecule has 1 N–H and O–H groups in total. The standard InChI is InChI=1S/C15H19ClN2O/c1-9-6-5-7-10(2)14(9)13(19)8-12-11(3)17-18(4)15(12)16/h5-7,13,19H,8H2,1-4H3. The van der Waals surface area contributed by atoms with Crippen molar-refractivity contribution >= 4 is 11.6 Å². The third-order valence-electron chi connectivity index (χ3n) is 3.54. The number of hydrogen-bond acceptors (Lipinski definition) is 2. The van der Waals surface area contributed by atoms with E-state index in [-0.39, 0.29) is 0 Å². The summed E-state index contributed by atoms with van der Waals surface area (Å²) in [4.78, 5) is 0. The summed E-state index contributed by atoms with van der Waals surface area (Å²) in [7, 11) is 1.81. The Morgan fingerprint density at radius 2 is 1.84 bits per heavy atom. The fourth-order valence-corrected chi connectivity index (χ4v) is 2.81. The highest BCUT2D eigenvalue weighted by molar-refractivity contribution is 6.30. The summed E-state index contributed by atoms with van der Waals surface area (Å²) < 4.78 is 1.64. The highest BCUT2D eigenvalue weighted by Gasteiger charge is 2.19. The third-order valence-corrected chi connectivity index (χ3v) is 4.02. The average Bonchev–Trinajstić information content (AvgIpc) is 2.56. The molecule has 0 saturated carbocycles. The molecule has 0 amide bonds. The van der Waals surface area contributed by atoms with Crippen molar-refractivity contribution in [3.05, 3.63) is 51.3 Å². The molecular formula is C15H19ClN2O. The maximum atomic E-state index is 10.5. The van der Waals surface area contributed by atoms with E-state index in [4.69, 9.17) is 11.6 Å². The number of rotatable bonds is 3. The van der Waals surface area contributed by atoms with E-state index in [0.717, 1.165) is 27.9 Å². The van der Waals surface area contributed by atoms with Gasteiger partial charge in [0, 0.05) is 19.0 Å². The van der Waals surface area contributed by atoms with Gasteiger partial charge in [0.15, 0.2) is 0 Å². The number of aliphatic hydroxyl groups is 1. The minimum absolute atomic E-state index is 0.490. The molecule has 0 radical (unpaired) electrons. The van der Waals surface area contributed by atoms with Gasteiger partial charge in [-0.3, -0.25) is 4.68 Å². The van der Waals surface area contributed by atoms with E-state index >= 15 is 0 Å². The quantitative estimate of drug-likeness (QED) is 0.936. The number of hydrogen-bond donors (Lipinski definition) is 1. The van der Waals surface area contributed by atoms with Gasteiger partial charge in [0.2, 0.25) is 0 Å². The first-order valence-electron chi connectivity index (χ1n) is 6.34. The van der Waals surface area contributed by atoms with Crippen LogP contribution in [0, 0.1) is 20.8 Å². The summed E-state index contributed by atoms with van der Waals surface area (Å²) in [6.07, 6.45) is -0.0638. The highest BCUT2D eigenvalue weighted by atomic mass is 35.5. The van der Waals surface area contributed by atoms with E-state index in [1.54, 1.807) is 4.68 Å². The average molecular weight is 279 g/mol. The van der Waals surface area contributed by atoms with Crippen LogP contribution in [0.15, 0.2) is 18.2 Å². The lowest BCUT2D eigenvalue weighted by Crippen LogP contribution is -2.07. The van der Waals surface area contributed by atoms with Crippen molar-refractivity contribution in [3.63, 3.8) is 0 Å². The molecule has 3 nitrogen and oxygen atoms in total. The monoisotopic (exact) mass is 278 g/mol. The van der Waals surface area contributed by atoms with Crippen molar-refractivity contribution in [2.45, 2.75) is 33.3 Å². The molecule has 0 saturated heterocycles. The Hall–Kier alpha value is -1.32. The summed E-state index contributed by atoms with van der Waals surface area (Å²) in [5.41, 5.74) is 4.98. The second-order valence-corrected chi connectivity index (χ2v) is 5.36. The van der Waals surface area contributed by atoms with Gasteiger partial charge in [0.05, 0.1) is 11.8 Å². The Kier molecular flexibility index (Phi) is 3.97. The fourth-order valence-electron chi connectivity index (χ4n) is 2.55. The molecule has 1 heterocycles. The zero-order valence-electron chi connectivity index (χ0n) is 11.7. The van der Waals surface area contributed by atoms with Gasteiger partial charge in [-0.25, -0.2) is 0 Å².